The van der Waals surface area contributed by atoms with Crippen LogP contribution in [0.3, 0.4) is 0 Å². The van der Waals surface area contributed by atoms with Gasteiger partial charge in [0.2, 0.25) is 10.0 Å². The van der Waals surface area contributed by atoms with Gasteiger partial charge in [-0.1, -0.05) is 13.8 Å². The maximum Gasteiger partial charge on any atom is 0.244 e. The number of morpholine rings is 1. The normalized spacial score (nSPS) is 22.8. The Labute approximate surface area is 156 Å². The van der Waals surface area contributed by atoms with Crippen molar-refractivity contribution in [1.82, 2.24) is 14.2 Å². The van der Waals surface area contributed by atoms with Crippen molar-refractivity contribution in [1.29, 1.82) is 0 Å². The van der Waals surface area contributed by atoms with Crippen molar-refractivity contribution >= 4 is 15.8 Å². The van der Waals surface area contributed by atoms with E-state index in [-0.39, 0.29) is 4.90 Å². The SMILES string of the molecule is CC(C)CN1CCC[C@@H]1CNc1ccc(S(=O)(=O)N2CCOCC2)cn1. The molecule has 146 valence electrons. The molecule has 2 aliphatic rings. The molecule has 2 saturated heterocycles. The van der Waals surface area contributed by atoms with E-state index in [1.807, 2.05) is 0 Å². The second kappa shape index (κ2) is 8.65. The minimum Gasteiger partial charge on any atom is -0.379 e. The molecule has 1 atom stereocenters. The van der Waals surface area contributed by atoms with Crippen LogP contribution in [-0.2, 0) is 14.8 Å². The van der Waals surface area contributed by atoms with Gasteiger partial charge in [0.25, 0.3) is 0 Å². The van der Waals surface area contributed by atoms with Crippen LogP contribution in [0.25, 0.3) is 0 Å². The maximum atomic E-state index is 12.6. The van der Waals surface area contributed by atoms with E-state index in [4.69, 9.17) is 4.74 Å². The first-order valence-electron chi connectivity index (χ1n) is 9.48. The highest BCUT2D eigenvalue weighted by molar-refractivity contribution is 7.89. The third-order valence-corrected chi connectivity index (χ3v) is 6.84. The maximum absolute atomic E-state index is 12.6. The van der Waals surface area contributed by atoms with E-state index < -0.39 is 10.0 Å². The van der Waals surface area contributed by atoms with Crippen LogP contribution in [0.15, 0.2) is 23.2 Å². The number of anilines is 1. The Morgan fingerprint density at radius 1 is 1.27 bits per heavy atom. The van der Waals surface area contributed by atoms with Crippen LogP contribution < -0.4 is 5.32 Å². The van der Waals surface area contributed by atoms with Gasteiger partial charge in [-0.15, -0.1) is 0 Å². The van der Waals surface area contributed by atoms with Crippen LogP contribution in [0.2, 0.25) is 0 Å². The summed E-state index contributed by atoms with van der Waals surface area (Å²) in [6.45, 7) is 9.31. The largest absolute Gasteiger partial charge is 0.379 e. The summed E-state index contributed by atoms with van der Waals surface area (Å²) >= 11 is 0. The van der Waals surface area contributed by atoms with E-state index in [9.17, 15) is 8.42 Å². The van der Waals surface area contributed by atoms with Crippen molar-refractivity contribution < 1.29 is 13.2 Å². The molecule has 8 heteroatoms. The molecule has 0 bridgehead atoms. The second-order valence-electron chi connectivity index (χ2n) is 7.46. The third-order valence-electron chi connectivity index (χ3n) is 4.96. The summed E-state index contributed by atoms with van der Waals surface area (Å²) in [7, 11) is -3.48. The van der Waals surface area contributed by atoms with Crippen LogP contribution in [0.4, 0.5) is 5.82 Å². The molecule has 0 radical (unpaired) electrons. The molecular weight excluding hydrogens is 352 g/mol. The lowest BCUT2D eigenvalue weighted by atomic mass is 10.1. The number of likely N-dealkylation sites (tertiary alicyclic amines) is 1. The molecule has 26 heavy (non-hydrogen) atoms. The van der Waals surface area contributed by atoms with E-state index in [0.717, 1.165) is 25.5 Å². The van der Waals surface area contributed by atoms with Crippen molar-refractivity contribution in [3.63, 3.8) is 0 Å². The summed E-state index contributed by atoms with van der Waals surface area (Å²) < 4.78 is 31.9. The summed E-state index contributed by atoms with van der Waals surface area (Å²) in [5, 5.41) is 3.37. The van der Waals surface area contributed by atoms with Crippen LogP contribution >= 0.6 is 0 Å². The molecule has 1 N–H and O–H groups in total. The fourth-order valence-electron chi connectivity index (χ4n) is 3.63. The van der Waals surface area contributed by atoms with Gasteiger partial charge in [0, 0.05) is 38.4 Å². The first kappa shape index (κ1) is 19.5. The summed E-state index contributed by atoms with van der Waals surface area (Å²) in [4.78, 5) is 7.10. The number of sulfonamides is 1. The van der Waals surface area contributed by atoms with Crippen molar-refractivity contribution in [2.45, 2.75) is 37.6 Å². The first-order chi connectivity index (χ1) is 12.5. The van der Waals surface area contributed by atoms with Gasteiger partial charge < -0.3 is 10.1 Å². The zero-order valence-corrected chi connectivity index (χ0v) is 16.5. The van der Waals surface area contributed by atoms with E-state index in [1.54, 1.807) is 12.1 Å². The van der Waals surface area contributed by atoms with Gasteiger partial charge in [-0.05, 0) is 37.4 Å². The van der Waals surface area contributed by atoms with E-state index in [2.05, 4.69) is 29.0 Å². The molecule has 0 saturated carbocycles. The van der Waals surface area contributed by atoms with Gasteiger partial charge in [0.05, 0.1) is 13.2 Å². The predicted octanol–water partition coefficient (Wildman–Crippen LogP) is 1.63. The molecular formula is C18H30N4O3S. The molecule has 2 aliphatic heterocycles. The lowest BCUT2D eigenvalue weighted by Gasteiger charge is -2.27. The van der Waals surface area contributed by atoms with Crippen molar-refractivity contribution in [2.75, 3.05) is 51.3 Å². The van der Waals surface area contributed by atoms with Crippen LogP contribution in [-0.4, -0.2) is 74.6 Å². The zero-order chi connectivity index (χ0) is 18.6. The number of nitrogens with zero attached hydrogens (tertiary/aromatic N) is 3. The standard InChI is InChI=1S/C18H30N4O3S/c1-15(2)14-21-7-3-4-16(21)12-19-18-6-5-17(13-20-18)26(23,24)22-8-10-25-11-9-22/h5-6,13,15-16H,3-4,7-12,14H2,1-2H3,(H,19,20)/t16-/m1/s1. The Balaban J connectivity index is 1.57. The lowest BCUT2D eigenvalue weighted by molar-refractivity contribution is 0.0730. The quantitative estimate of drug-likeness (QED) is 0.773. The first-order valence-corrected chi connectivity index (χ1v) is 10.9. The molecule has 0 unspecified atom stereocenters. The monoisotopic (exact) mass is 382 g/mol. The number of rotatable bonds is 7. The third kappa shape index (κ3) is 4.73. The molecule has 0 amide bonds. The Morgan fingerprint density at radius 3 is 2.69 bits per heavy atom. The van der Waals surface area contributed by atoms with Crippen LogP contribution in [0.5, 0.6) is 0 Å². The molecule has 2 fully saturated rings. The summed E-state index contributed by atoms with van der Waals surface area (Å²) in [6.07, 6.45) is 3.89. The number of hydrogen-bond acceptors (Lipinski definition) is 6. The van der Waals surface area contributed by atoms with E-state index >= 15 is 0 Å². The summed E-state index contributed by atoms with van der Waals surface area (Å²) in [5.74, 6) is 1.39. The highest BCUT2D eigenvalue weighted by atomic mass is 32.2. The topological polar surface area (TPSA) is 74.8 Å². The van der Waals surface area contributed by atoms with Crippen molar-refractivity contribution in [3.05, 3.63) is 18.3 Å². The predicted molar refractivity (Wildman–Crippen MR) is 102 cm³/mol. The highest BCUT2D eigenvalue weighted by Gasteiger charge is 2.27. The smallest absolute Gasteiger partial charge is 0.244 e. The molecule has 7 nitrogen and oxygen atoms in total. The van der Waals surface area contributed by atoms with Crippen molar-refractivity contribution in [3.8, 4) is 0 Å². The van der Waals surface area contributed by atoms with Gasteiger partial charge in [-0.25, -0.2) is 13.4 Å². The Morgan fingerprint density at radius 2 is 2.04 bits per heavy atom. The number of nitrogens with one attached hydrogen (secondary N) is 1. The van der Waals surface area contributed by atoms with Crippen LogP contribution in [0.1, 0.15) is 26.7 Å². The molecule has 3 heterocycles. The van der Waals surface area contributed by atoms with Gasteiger partial charge in [-0.3, -0.25) is 4.90 Å². The van der Waals surface area contributed by atoms with Gasteiger partial charge in [0.1, 0.15) is 10.7 Å². The van der Waals surface area contributed by atoms with Gasteiger partial charge >= 0.3 is 0 Å². The summed E-state index contributed by atoms with van der Waals surface area (Å²) in [5.41, 5.74) is 0. The number of aromatic nitrogens is 1. The molecule has 1 aromatic rings. The Bertz CT molecular complexity index is 672. The minimum absolute atomic E-state index is 0.243. The highest BCUT2D eigenvalue weighted by Crippen LogP contribution is 2.20. The van der Waals surface area contributed by atoms with E-state index in [1.165, 1.54) is 23.3 Å². The summed E-state index contributed by atoms with van der Waals surface area (Å²) in [6, 6.07) is 3.92. The molecule has 0 aliphatic carbocycles. The van der Waals surface area contributed by atoms with Gasteiger partial charge in [-0.2, -0.15) is 4.31 Å². The lowest BCUT2D eigenvalue weighted by Crippen LogP contribution is -2.40. The molecule has 1 aromatic heterocycles. The Kier molecular flexibility index (Phi) is 6.50. The second-order valence-corrected chi connectivity index (χ2v) is 9.40. The average molecular weight is 383 g/mol. The van der Waals surface area contributed by atoms with Crippen molar-refractivity contribution in [2.24, 2.45) is 5.92 Å². The average Bonchev–Trinajstić information content (AvgIpc) is 3.07. The number of hydrogen-bond donors (Lipinski definition) is 1. The Hall–Kier alpha value is -1.22. The number of ether oxygens (including phenoxy) is 1. The molecule has 0 spiro atoms. The van der Waals surface area contributed by atoms with Crippen LogP contribution in [0, 0.1) is 5.92 Å². The zero-order valence-electron chi connectivity index (χ0n) is 15.7. The fraction of sp³-hybridized carbons (Fsp3) is 0.722. The molecule has 0 aromatic carbocycles. The van der Waals surface area contributed by atoms with E-state index in [0.29, 0.717) is 38.3 Å². The number of pyridine rings is 1. The van der Waals surface area contributed by atoms with Gasteiger partial charge in [0.15, 0.2) is 0 Å². The fourth-order valence-corrected chi connectivity index (χ4v) is 4.99. The minimum atomic E-state index is -3.48. The molecule has 3 rings (SSSR count).